The fraction of sp³-hybridized carbons (Fsp3) is 0.0714. The molecule has 0 aliphatic rings. The molecular weight excluding hydrogens is 284 g/mol. The van der Waals surface area contributed by atoms with Crippen molar-refractivity contribution >= 4 is 22.6 Å². The fourth-order valence-corrected chi connectivity index (χ4v) is 2.10. The van der Waals surface area contributed by atoms with Crippen molar-refractivity contribution in [1.29, 1.82) is 0 Å². The molecule has 3 nitrogen and oxygen atoms in total. The summed E-state index contributed by atoms with van der Waals surface area (Å²) in [6.45, 7) is 1.75. The standard InChI is InChI=1S/C14H8ClF2N3/c1-7-11(15)5-10-13(18-6-19-14(10)20-7)9-3-2-8(16)4-12(9)17/h2-6H,1H3. The van der Waals surface area contributed by atoms with Crippen LogP contribution in [0.2, 0.25) is 5.02 Å². The Hall–Kier alpha value is -2.14. The molecule has 2 aromatic heterocycles. The molecule has 20 heavy (non-hydrogen) atoms. The van der Waals surface area contributed by atoms with Gasteiger partial charge in [0.25, 0.3) is 0 Å². The van der Waals surface area contributed by atoms with Crippen LogP contribution in [0.5, 0.6) is 0 Å². The molecule has 6 heteroatoms. The van der Waals surface area contributed by atoms with Crippen LogP contribution in [0, 0.1) is 18.6 Å². The monoisotopic (exact) mass is 291 g/mol. The van der Waals surface area contributed by atoms with E-state index in [0.717, 1.165) is 6.07 Å². The molecule has 0 N–H and O–H groups in total. The first-order valence-electron chi connectivity index (χ1n) is 5.79. The third kappa shape index (κ3) is 2.10. The van der Waals surface area contributed by atoms with Gasteiger partial charge in [-0.3, -0.25) is 0 Å². The minimum Gasteiger partial charge on any atom is -0.235 e. The Morgan fingerprint density at radius 1 is 1.10 bits per heavy atom. The van der Waals surface area contributed by atoms with Crippen LogP contribution >= 0.6 is 11.6 Å². The van der Waals surface area contributed by atoms with Gasteiger partial charge in [0.15, 0.2) is 5.65 Å². The van der Waals surface area contributed by atoms with E-state index in [0.29, 0.717) is 27.4 Å². The predicted octanol–water partition coefficient (Wildman–Crippen LogP) is 3.93. The number of fused-ring (bicyclic) bond motifs is 1. The molecule has 1 aromatic carbocycles. The van der Waals surface area contributed by atoms with E-state index in [1.165, 1.54) is 18.5 Å². The van der Waals surface area contributed by atoms with Crippen molar-refractivity contribution in [3.63, 3.8) is 0 Å². The number of rotatable bonds is 1. The SMILES string of the molecule is Cc1nc2ncnc(-c3ccc(F)cc3F)c2cc1Cl. The lowest BCUT2D eigenvalue weighted by Gasteiger charge is -2.07. The second-order valence-corrected chi connectivity index (χ2v) is 4.68. The zero-order valence-corrected chi connectivity index (χ0v) is 11.1. The zero-order chi connectivity index (χ0) is 14.3. The average molecular weight is 292 g/mol. The second kappa shape index (κ2) is 4.76. The largest absolute Gasteiger partial charge is 0.235 e. The molecule has 0 saturated carbocycles. The average Bonchev–Trinajstić information content (AvgIpc) is 2.40. The van der Waals surface area contributed by atoms with Gasteiger partial charge in [0.1, 0.15) is 18.0 Å². The highest BCUT2D eigenvalue weighted by Gasteiger charge is 2.13. The summed E-state index contributed by atoms with van der Waals surface area (Å²) in [7, 11) is 0. The number of pyridine rings is 1. The first kappa shape index (κ1) is 12.9. The quantitative estimate of drug-likeness (QED) is 0.682. The summed E-state index contributed by atoms with van der Waals surface area (Å²) in [5, 5.41) is 0.963. The van der Waals surface area contributed by atoms with E-state index in [1.807, 2.05) is 0 Å². The van der Waals surface area contributed by atoms with Gasteiger partial charge in [-0.2, -0.15) is 0 Å². The number of aromatic nitrogens is 3. The molecular formula is C14H8ClF2N3. The molecule has 100 valence electrons. The minimum atomic E-state index is -0.693. The number of halogens is 3. The number of nitrogens with zero attached hydrogens (tertiary/aromatic N) is 3. The molecule has 0 bridgehead atoms. The summed E-state index contributed by atoms with van der Waals surface area (Å²) in [4.78, 5) is 12.3. The highest BCUT2D eigenvalue weighted by Crippen LogP contribution is 2.29. The lowest BCUT2D eigenvalue weighted by molar-refractivity contribution is 0.585. The summed E-state index contributed by atoms with van der Waals surface area (Å²) in [6.07, 6.45) is 1.29. The maximum Gasteiger partial charge on any atom is 0.163 e. The van der Waals surface area contributed by atoms with E-state index < -0.39 is 11.6 Å². The molecule has 2 heterocycles. The van der Waals surface area contributed by atoms with Crippen LogP contribution in [0.15, 0.2) is 30.6 Å². The first-order chi connectivity index (χ1) is 9.56. The molecule has 0 aliphatic carbocycles. The Kier molecular flexibility index (Phi) is 3.06. The predicted molar refractivity (Wildman–Crippen MR) is 72.4 cm³/mol. The molecule has 3 aromatic rings. The molecule has 0 atom stereocenters. The third-order valence-electron chi connectivity index (χ3n) is 2.94. The van der Waals surface area contributed by atoms with E-state index in [4.69, 9.17) is 11.6 Å². The second-order valence-electron chi connectivity index (χ2n) is 4.27. The molecule has 0 saturated heterocycles. The highest BCUT2D eigenvalue weighted by molar-refractivity contribution is 6.31. The van der Waals surface area contributed by atoms with Crippen molar-refractivity contribution in [3.05, 3.63) is 52.9 Å². The van der Waals surface area contributed by atoms with Crippen LogP contribution in [0.4, 0.5) is 8.78 Å². The maximum absolute atomic E-state index is 13.9. The lowest BCUT2D eigenvalue weighted by atomic mass is 10.1. The van der Waals surface area contributed by atoms with Crippen LogP contribution in [-0.2, 0) is 0 Å². The van der Waals surface area contributed by atoms with Crippen molar-refractivity contribution in [2.45, 2.75) is 6.92 Å². The Balaban J connectivity index is 2.33. The van der Waals surface area contributed by atoms with Crippen LogP contribution in [0.25, 0.3) is 22.3 Å². The van der Waals surface area contributed by atoms with Gasteiger partial charge in [-0.25, -0.2) is 23.7 Å². The molecule has 0 radical (unpaired) electrons. The van der Waals surface area contributed by atoms with Crippen molar-refractivity contribution in [2.75, 3.05) is 0 Å². The van der Waals surface area contributed by atoms with Crippen molar-refractivity contribution in [3.8, 4) is 11.3 Å². The van der Waals surface area contributed by atoms with Gasteiger partial charge in [-0.15, -0.1) is 0 Å². The normalized spacial score (nSPS) is 11.0. The van der Waals surface area contributed by atoms with Crippen molar-refractivity contribution in [2.24, 2.45) is 0 Å². The van der Waals surface area contributed by atoms with Crippen LogP contribution < -0.4 is 0 Å². The minimum absolute atomic E-state index is 0.181. The van der Waals surface area contributed by atoms with Gasteiger partial charge in [0, 0.05) is 17.0 Å². The number of aryl methyl sites for hydroxylation is 1. The summed E-state index contributed by atoms with van der Waals surface area (Å²) in [5.74, 6) is -1.33. The summed E-state index contributed by atoms with van der Waals surface area (Å²) < 4.78 is 26.9. The van der Waals surface area contributed by atoms with Gasteiger partial charge >= 0.3 is 0 Å². The molecule has 0 spiro atoms. The van der Waals surface area contributed by atoms with Crippen molar-refractivity contribution < 1.29 is 8.78 Å². The maximum atomic E-state index is 13.9. The van der Waals surface area contributed by atoms with Gasteiger partial charge in [0.05, 0.1) is 16.4 Å². The summed E-state index contributed by atoms with van der Waals surface area (Å²) in [6, 6.07) is 4.96. The van der Waals surface area contributed by atoms with E-state index in [1.54, 1.807) is 13.0 Å². The third-order valence-corrected chi connectivity index (χ3v) is 3.32. The summed E-state index contributed by atoms with van der Waals surface area (Å²) >= 11 is 6.04. The van der Waals surface area contributed by atoms with Crippen LogP contribution in [0.1, 0.15) is 5.69 Å². The molecule has 0 amide bonds. The van der Waals surface area contributed by atoms with Crippen molar-refractivity contribution in [1.82, 2.24) is 15.0 Å². The van der Waals surface area contributed by atoms with Gasteiger partial charge in [0.2, 0.25) is 0 Å². The smallest absolute Gasteiger partial charge is 0.163 e. The van der Waals surface area contributed by atoms with Crippen LogP contribution in [0.3, 0.4) is 0 Å². The number of hydrogen-bond donors (Lipinski definition) is 0. The van der Waals surface area contributed by atoms with E-state index >= 15 is 0 Å². The Labute approximate surface area is 118 Å². The van der Waals surface area contributed by atoms with E-state index in [2.05, 4.69) is 15.0 Å². The zero-order valence-electron chi connectivity index (χ0n) is 10.4. The molecule has 0 unspecified atom stereocenters. The topological polar surface area (TPSA) is 38.7 Å². The fourth-order valence-electron chi connectivity index (χ4n) is 1.95. The highest BCUT2D eigenvalue weighted by atomic mass is 35.5. The number of hydrogen-bond acceptors (Lipinski definition) is 3. The molecule has 0 fully saturated rings. The van der Waals surface area contributed by atoms with Gasteiger partial charge < -0.3 is 0 Å². The Morgan fingerprint density at radius 3 is 2.65 bits per heavy atom. The Bertz CT molecular complexity index is 821. The van der Waals surface area contributed by atoms with Gasteiger partial charge in [-0.1, -0.05) is 11.6 Å². The van der Waals surface area contributed by atoms with Gasteiger partial charge in [-0.05, 0) is 25.1 Å². The molecule has 0 aliphatic heterocycles. The molecule has 3 rings (SSSR count). The summed E-state index contributed by atoms with van der Waals surface area (Å²) in [5.41, 5.74) is 1.56. The van der Waals surface area contributed by atoms with E-state index in [9.17, 15) is 8.78 Å². The lowest BCUT2D eigenvalue weighted by Crippen LogP contribution is -1.95. The van der Waals surface area contributed by atoms with E-state index in [-0.39, 0.29) is 5.56 Å². The van der Waals surface area contributed by atoms with Crippen LogP contribution in [-0.4, -0.2) is 15.0 Å². The Morgan fingerprint density at radius 2 is 1.90 bits per heavy atom. The number of benzene rings is 1. The first-order valence-corrected chi connectivity index (χ1v) is 6.17.